The summed E-state index contributed by atoms with van der Waals surface area (Å²) in [5.74, 6) is 1.30. The van der Waals surface area contributed by atoms with E-state index in [1.807, 2.05) is 0 Å². The highest BCUT2D eigenvalue weighted by Crippen LogP contribution is 2.30. The second-order valence-electron chi connectivity index (χ2n) is 4.79. The van der Waals surface area contributed by atoms with E-state index >= 15 is 0 Å². The molecule has 0 bridgehead atoms. The molecule has 0 aromatic carbocycles. The molecular weight excluding hydrogens is 244 g/mol. The highest BCUT2D eigenvalue weighted by molar-refractivity contribution is 5.42. The van der Waals surface area contributed by atoms with Crippen LogP contribution in [-0.2, 0) is 11.3 Å². The van der Waals surface area contributed by atoms with Crippen LogP contribution in [0.5, 0.6) is 11.5 Å². The number of pyridine rings is 1. The second-order valence-corrected chi connectivity index (χ2v) is 4.79. The molecule has 0 radical (unpaired) electrons. The molecule has 2 atom stereocenters. The predicted octanol–water partition coefficient (Wildman–Crippen LogP) is 1.89. The van der Waals surface area contributed by atoms with Gasteiger partial charge in [0.15, 0.2) is 11.5 Å². The molecule has 1 fully saturated rings. The Kier molecular flexibility index (Phi) is 4.99. The number of hydrogen-bond acceptors (Lipinski definition) is 5. The maximum Gasteiger partial charge on any atom is 0.184 e. The molecule has 1 saturated carbocycles. The minimum absolute atomic E-state index is 0.117. The minimum atomic E-state index is 0.117. The van der Waals surface area contributed by atoms with Gasteiger partial charge in [-0.3, -0.25) is 4.98 Å². The van der Waals surface area contributed by atoms with Gasteiger partial charge in [0.25, 0.3) is 0 Å². The second kappa shape index (κ2) is 6.73. The van der Waals surface area contributed by atoms with Gasteiger partial charge >= 0.3 is 0 Å². The molecular formula is C14H22N2O3. The first-order chi connectivity index (χ1) is 9.26. The van der Waals surface area contributed by atoms with Crippen molar-refractivity contribution < 1.29 is 14.2 Å². The number of nitrogens with two attached hydrogens (primary N) is 1. The van der Waals surface area contributed by atoms with Gasteiger partial charge in [-0.2, -0.15) is 0 Å². The molecule has 5 heteroatoms. The van der Waals surface area contributed by atoms with Gasteiger partial charge in [-0.15, -0.1) is 0 Å². The topological polar surface area (TPSA) is 66.6 Å². The molecule has 106 valence electrons. The molecule has 2 unspecified atom stereocenters. The van der Waals surface area contributed by atoms with Gasteiger partial charge in [0.05, 0.1) is 26.9 Å². The molecule has 1 heterocycles. The van der Waals surface area contributed by atoms with Crippen LogP contribution in [0.3, 0.4) is 0 Å². The molecule has 0 spiro atoms. The van der Waals surface area contributed by atoms with Crippen LogP contribution >= 0.6 is 0 Å². The van der Waals surface area contributed by atoms with Crippen LogP contribution in [0.1, 0.15) is 31.4 Å². The van der Waals surface area contributed by atoms with Gasteiger partial charge < -0.3 is 19.9 Å². The normalized spacial score (nSPS) is 23.1. The van der Waals surface area contributed by atoms with Crippen molar-refractivity contribution in [3.05, 3.63) is 18.0 Å². The van der Waals surface area contributed by atoms with Crippen LogP contribution in [0.15, 0.2) is 12.3 Å². The van der Waals surface area contributed by atoms with Gasteiger partial charge in [0.1, 0.15) is 5.69 Å². The van der Waals surface area contributed by atoms with E-state index in [1.165, 1.54) is 12.8 Å². The third kappa shape index (κ3) is 3.36. The monoisotopic (exact) mass is 266 g/mol. The Morgan fingerprint density at radius 3 is 2.74 bits per heavy atom. The first-order valence-corrected chi connectivity index (χ1v) is 6.69. The highest BCUT2D eigenvalue weighted by atomic mass is 16.5. The fraction of sp³-hybridized carbons (Fsp3) is 0.643. The summed E-state index contributed by atoms with van der Waals surface area (Å²) in [6.45, 7) is 0.402. The lowest BCUT2D eigenvalue weighted by Crippen LogP contribution is -2.39. The number of hydrogen-bond donors (Lipinski definition) is 1. The van der Waals surface area contributed by atoms with Crippen molar-refractivity contribution in [1.82, 2.24) is 4.98 Å². The standard InChI is InChI=1S/C14H22N2O3/c1-17-13-7-8-16-11(14(13)18-2)9-19-12-6-4-3-5-10(12)15/h7-8,10,12H,3-6,9,15H2,1-2H3. The highest BCUT2D eigenvalue weighted by Gasteiger charge is 2.23. The van der Waals surface area contributed by atoms with E-state index in [-0.39, 0.29) is 12.1 Å². The first kappa shape index (κ1) is 14.1. The van der Waals surface area contributed by atoms with Crippen molar-refractivity contribution in [2.45, 2.75) is 44.4 Å². The Morgan fingerprint density at radius 1 is 1.26 bits per heavy atom. The summed E-state index contributed by atoms with van der Waals surface area (Å²) < 4.78 is 16.5. The van der Waals surface area contributed by atoms with Crippen LogP contribution in [0.4, 0.5) is 0 Å². The van der Waals surface area contributed by atoms with Gasteiger partial charge in [-0.05, 0) is 12.8 Å². The van der Waals surface area contributed by atoms with Crippen molar-refractivity contribution >= 4 is 0 Å². The van der Waals surface area contributed by atoms with E-state index in [9.17, 15) is 0 Å². The largest absolute Gasteiger partial charge is 0.493 e. The lowest BCUT2D eigenvalue weighted by atomic mass is 9.93. The number of nitrogens with zero attached hydrogens (tertiary/aromatic N) is 1. The number of aromatic nitrogens is 1. The van der Waals surface area contributed by atoms with Crippen LogP contribution in [0.2, 0.25) is 0 Å². The Hall–Kier alpha value is -1.33. The summed E-state index contributed by atoms with van der Waals surface area (Å²) in [6.07, 6.45) is 6.25. The van der Waals surface area contributed by atoms with E-state index < -0.39 is 0 Å². The first-order valence-electron chi connectivity index (χ1n) is 6.69. The fourth-order valence-electron chi connectivity index (χ4n) is 2.47. The molecule has 0 saturated heterocycles. The van der Waals surface area contributed by atoms with Crippen LogP contribution in [0, 0.1) is 0 Å². The van der Waals surface area contributed by atoms with E-state index in [4.69, 9.17) is 19.9 Å². The molecule has 1 aliphatic rings. The number of rotatable bonds is 5. The molecule has 0 amide bonds. The summed E-state index contributed by atoms with van der Waals surface area (Å²) in [4.78, 5) is 4.30. The smallest absolute Gasteiger partial charge is 0.184 e. The van der Waals surface area contributed by atoms with Gasteiger partial charge in [-0.1, -0.05) is 12.8 Å². The van der Waals surface area contributed by atoms with Crippen molar-refractivity contribution in [2.24, 2.45) is 5.73 Å². The quantitative estimate of drug-likeness (QED) is 0.881. The average Bonchev–Trinajstić information content (AvgIpc) is 2.45. The van der Waals surface area contributed by atoms with E-state index in [0.29, 0.717) is 18.1 Å². The summed E-state index contributed by atoms with van der Waals surface area (Å²) in [5.41, 5.74) is 6.82. The third-order valence-corrected chi connectivity index (χ3v) is 3.55. The summed E-state index contributed by atoms with van der Waals surface area (Å²) in [7, 11) is 3.22. The molecule has 0 aliphatic heterocycles. The van der Waals surface area contributed by atoms with Gasteiger partial charge in [-0.25, -0.2) is 0 Å². The molecule has 2 rings (SSSR count). The van der Waals surface area contributed by atoms with Crippen molar-refractivity contribution in [3.8, 4) is 11.5 Å². The Labute approximate surface area is 114 Å². The van der Waals surface area contributed by atoms with Crippen molar-refractivity contribution in [2.75, 3.05) is 14.2 Å². The molecule has 5 nitrogen and oxygen atoms in total. The van der Waals surface area contributed by atoms with Gasteiger partial charge in [0, 0.05) is 18.3 Å². The van der Waals surface area contributed by atoms with Crippen LogP contribution < -0.4 is 15.2 Å². The zero-order valence-electron chi connectivity index (χ0n) is 11.6. The van der Waals surface area contributed by atoms with Crippen LogP contribution in [0.25, 0.3) is 0 Å². The van der Waals surface area contributed by atoms with E-state index in [1.54, 1.807) is 26.5 Å². The van der Waals surface area contributed by atoms with Crippen LogP contribution in [-0.4, -0.2) is 31.3 Å². The lowest BCUT2D eigenvalue weighted by molar-refractivity contribution is 0.00165. The Morgan fingerprint density at radius 2 is 2.05 bits per heavy atom. The third-order valence-electron chi connectivity index (χ3n) is 3.55. The molecule has 2 N–H and O–H groups in total. The fourth-order valence-corrected chi connectivity index (χ4v) is 2.47. The van der Waals surface area contributed by atoms with E-state index in [2.05, 4.69) is 4.98 Å². The molecule has 1 aromatic heterocycles. The Balaban J connectivity index is 2.02. The minimum Gasteiger partial charge on any atom is -0.493 e. The lowest BCUT2D eigenvalue weighted by Gasteiger charge is -2.28. The number of ether oxygens (including phenoxy) is 3. The average molecular weight is 266 g/mol. The summed E-state index contributed by atoms with van der Waals surface area (Å²) in [5, 5.41) is 0. The van der Waals surface area contributed by atoms with Crippen molar-refractivity contribution in [1.29, 1.82) is 0 Å². The zero-order chi connectivity index (χ0) is 13.7. The van der Waals surface area contributed by atoms with Gasteiger partial charge in [0.2, 0.25) is 0 Å². The summed E-state index contributed by atoms with van der Waals surface area (Å²) in [6, 6.07) is 1.90. The predicted molar refractivity (Wildman–Crippen MR) is 72.4 cm³/mol. The SMILES string of the molecule is COc1ccnc(COC2CCCCC2N)c1OC. The maximum absolute atomic E-state index is 6.07. The van der Waals surface area contributed by atoms with E-state index in [0.717, 1.165) is 18.5 Å². The number of methoxy groups -OCH3 is 2. The molecule has 1 aromatic rings. The van der Waals surface area contributed by atoms with Crippen molar-refractivity contribution in [3.63, 3.8) is 0 Å². The Bertz CT molecular complexity index is 412. The zero-order valence-corrected chi connectivity index (χ0v) is 11.6. The molecule has 1 aliphatic carbocycles. The summed E-state index contributed by atoms with van der Waals surface area (Å²) >= 11 is 0. The maximum atomic E-state index is 6.07. The molecule has 19 heavy (non-hydrogen) atoms.